The molecule has 0 radical (unpaired) electrons. The van der Waals surface area contributed by atoms with Crippen LogP contribution in [0.15, 0.2) is 12.2 Å². The van der Waals surface area contributed by atoms with Gasteiger partial charge in [-0.15, -0.1) is 0 Å². The molecule has 0 atom stereocenters. The van der Waals surface area contributed by atoms with Crippen LogP contribution in [0.5, 0.6) is 0 Å². The van der Waals surface area contributed by atoms with Gasteiger partial charge >= 0.3 is 0 Å². The fourth-order valence-corrected chi connectivity index (χ4v) is 0.786. The molecule has 1 fully saturated rings. The minimum Gasteiger partial charge on any atom is -0.314 e. The van der Waals surface area contributed by atoms with E-state index in [2.05, 4.69) is 22.8 Å². The highest BCUT2D eigenvalue weighted by Crippen LogP contribution is 1.88. The van der Waals surface area contributed by atoms with Gasteiger partial charge in [0.25, 0.3) is 0 Å². The molecule has 1 saturated heterocycles. The summed E-state index contributed by atoms with van der Waals surface area (Å²) >= 11 is 0. The monoisotopic (exact) mass is 126 g/mol. The SMILES string of the molecule is C/C=C/CNC1CNC1. The Morgan fingerprint density at radius 2 is 2.44 bits per heavy atom. The van der Waals surface area contributed by atoms with E-state index in [-0.39, 0.29) is 0 Å². The van der Waals surface area contributed by atoms with Gasteiger partial charge in [0.1, 0.15) is 0 Å². The quantitative estimate of drug-likeness (QED) is 0.525. The Morgan fingerprint density at radius 3 is 2.89 bits per heavy atom. The van der Waals surface area contributed by atoms with E-state index in [4.69, 9.17) is 0 Å². The Balaban J connectivity index is 1.91. The average molecular weight is 126 g/mol. The maximum Gasteiger partial charge on any atom is 0.0320 e. The third kappa shape index (κ3) is 2.16. The molecule has 0 unspecified atom stereocenters. The van der Waals surface area contributed by atoms with Crippen LogP contribution < -0.4 is 10.6 Å². The molecule has 0 aromatic carbocycles. The van der Waals surface area contributed by atoms with Crippen molar-refractivity contribution in [2.75, 3.05) is 19.6 Å². The molecule has 2 nitrogen and oxygen atoms in total. The first kappa shape index (κ1) is 6.78. The van der Waals surface area contributed by atoms with Gasteiger partial charge in [-0.1, -0.05) is 12.2 Å². The number of hydrogen-bond donors (Lipinski definition) is 2. The van der Waals surface area contributed by atoms with Crippen molar-refractivity contribution in [3.63, 3.8) is 0 Å². The predicted molar refractivity (Wildman–Crippen MR) is 39.5 cm³/mol. The maximum atomic E-state index is 3.37. The van der Waals surface area contributed by atoms with Crippen molar-refractivity contribution in [1.29, 1.82) is 0 Å². The first-order valence-corrected chi connectivity index (χ1v) is 3.48. The second kappa shape index (κ2) is 3.64. The van der Waals surface area contributed by atoms with E-state index in [1.807, 2.05) is 6.92 Å². The third-order valence-electron chi connectivity index (χ3n) is 1.54. The molecule has 52 valence electrons. The highest BCUT2D eigenvalue weighted by Gasteiger charge is 2.13. The van der Waals surface area contributed by atoms with Crippen LogP contribution in [0, 0.1) is 0 Å². The van der Waals surface area contributed by atoms with Crippen LogP contribution in [-0.2, 0) is 0 Å². The largest absolute Gasteiger partial charge is 0.314 e. The second-order valence-corrected chi connectivity index (χ2v) is 2.33. The highest BCUT2D eigenvalue weighted by atomic mass is 15.1. The number of rotatable bonds is 3. The molecule has 9 heavy (non-hydrogen) atoms. The van der Waals surface area contributed by atoms with Gasteiger partial charge < -0.3 is 10.6 Å². The van der Waals surface area contributed by atoms with Crippen molar-refractivity contribution in [3.05, 3.63) is 12.2 Å². The lowest BCUT2D eigenvalue weighted by molar-refractivity contribution is 0.379. The van der Waals surface area contributed by atoms with Crippen molar-refractivity contribution in [2.24, 2.45) is 0 Å². The van der Waals surface area contributed by atoms with Gasteiger partial charge in [0.05, 0.1) is 0 Å². The molecule has 1 aliphatic rings. The molecule has 0 saturated carbocycles. The lowest BCUT2D eigenvalue weighted by Gasteiger charge is -2.27. The summed E-state index contributed by atoms with van der Waals surface area (Å²) in [7, 11) is 0. The zero-order valence-electron chi connectivity index (χ0n) is 5.85. The summed E-state index contributed by atoms with van der Waals surface area (Å²) in [6.45, 7) is 5.33. The van der Waals surface area contributed by atoms with Crippen molar-refractivity contribution in [2.45, 2.75) is 13.0 Å². The van der Waals surface area contributed by atoms with Gasteiger partial charge in [-0.25, -0.2) is 0 Å². The predicted octanol–water partition coefficient (Wildman–Crippen LogP) is 0.124. The maximum absolute atomic E-state index is 3.37. The Hall–Kier alpha value is -0.340. The molecule has 0 aliphatic carbocycles. The Labute approximate surface area is 56.3 Å². The minimum absolute atomic E-state index is 0.723. The number of allylic oxidation sites excluding steroid dienone is 1. The van der Waals surface area contributed by atoms with E-state index in [1.165, 1.54) is 0 Å². The van der Waals surface area contributed by atoms with Gasteiger partial charge in [0.15, 0.2) is 0 Å². The van der Waals surface area contributed by atoms with Crippen LogP contribution in [0.4, 0.5) is 0 Å². The van der Waals surface area contributed by atoms with Gasteiger partial charge in [-0.05, 0) is 6.92 Å². The van der Waals surface area contributed by atoms with Crippen molar-refractivity contribution < 1.29 is 0 Å². The summed E-state index contributed by atoms with van der Waals surface area (Å²) in [5.41, 5.74) is 0. The molecule has 0 spiro atoms. The van der Waals surface area contributed by atoms with Crippen LogP contribution in [0.25, 0.3) is 0 Å². The van der Waals surface area contributed by atoms with E-state index >= 15 is 0 Å². The van der Waals surface area contributed by atoms with Crippen molar-refractivity contribution in [1.82, 2.24) is 10.6 Å². The third-order valence-corrected chi connectivity index (χ3v) is 1.54. The summed E-state index contributed by atoms with van der Waals surface area (Å²) < 4.78 is 0. The minimum atomic E-state index is 0.723. The van der Waals surface area contributed by atoms with E-state index in [0.29, 0.717) is 0 Å². The molecule has 1 heterocycles. The lowest BCUT2D eigenvalue weighted by Crippen LogP contribution is -2.55. The van der Waals surface area contributed by atoms with E-state index in [0.717, 1.165) is 25.7 Å². The number of hydrogen-bond acceptors (Lipinski definition) is 2. The van der Waals surface area contributed by atoms with E-state index in [1.54, 1.807) is 0 Å². The molecule has 1 aliphatic heterocycles. The van der Waals surface area contributed by atoms with Gasteiger partial charge in [-0.2, -0.15) is 0 Å². The zero-order valence-corrected chi connectivity index (χ0v) is 5.85. The normalized spacial score (nSPS) is 20.6. The smallest absolute Gasteiger partial charge is 0.0320 e. The Bertz CT molecular complexity index is 95.1. The fourth-order valence-electron chi connectivity index (χ4n) is 0.786. The standard InChI is InChI=1S/C7H14N2/c1-2-3-4-9-7-5-8-6-7/h2-3,7-9H,4-6H2,1H3/b3-2+. The molecule has 0 amide bonds. The summed E-state index contributed by atoms with van der Waals surface area (Å²) in [4.78, 5) is 0. The summed E-state index contributed by atoms with van der Waals surface area (Å²) in [5, 5.41) is 6.57. The van der Waals surface area contributed by atoms with Gasteiger partial charge in [0, 0.05) is 25.7 Å². The average Bonchev–Trinajstić information content (AvgIpc) is 1.76. The lowest BCUT2D eigenvalue weighted by atomic mass is 10.2. The summed E-state index contributed by atoms with van der Waals surface area (Å²) in [6.07, 6.45) is 4.21. The fraction of sp³-hybridized carbons (Fsp3) is 0.714. The van der Waals surface area contributed by atoms with Gasteiger partial charge in [0.2, 0.25) is 0 Å². The Kier molecular flexibility index (Phi) is 2.74. The zero-order chi connectivity index (χ0) is 6.53. The van der Waals surface area contributed by atoms with Crippen LogP contribution in [0.1, 0.15) is 6.92 Å². The molecular weight excluding hydrogens is 112 g/mol. The van der Waals surface area contributed by atoms with Crippen molar-refractivity contribution in [3.8, 4) is 0 Å². The molecular formula is C7H14N2. The van der Waals surface area contributed by atoms with Crippen LogP contribution in [-0.4, -0.2) is 25.7 Å². The topological polar surface area (TPSA) is 24.1 Å². The molecule has 2 N–H and O–H groups in total. The van der Waals surface area contributed by atoms with E-state index < -0.39 is 0 Å². The molecule has 0 aromatic heterocycles. The summed E-state index contributed by atoms with van der Waals surface area (Å²) in [5.74, 6) is 0. The molecule has 0 bridgehead atoms. The Morgan fingerprint density at radius 1 is 1.67 bits per heavy atom. The van der Waals surface area contributed by atoms with Gasteiger partial charge in [-0.3, -0.25) is 0 Å². The second-order valence-electron chi connectivity index (χ2n) is 2.33. The highest BCUT2D eigenvalue weighted by molar-refractivity contribution is 4.86. The summed E-state index contributed by atoms with van der Waals surface area (Å²) in [6, 6.07) is 0.723. The first-order chi connectivity index (χ1) is 4.43. The molecule has 0 aromatic rings. The van der Waals surface area contributed by atoms with Crippen LogP contribution >= 0.6 is 0 Å². The van der Waals surface area contributed by atoms with Crippen LogP contribution in [0.3, 0.4) is 0 Å². The molecule has 2 heteroatoms. The van der Waals surface area contributed by atoms with Crippen LogP contribution in [0.2, 0.25) is 0 Å². The number of nitrogens with one attached hydrogen (secondary N) is 2. The van der Waals surface area contributed by atoms with E-state index in [9.17, 15) is 0 Å². The molecule has 1 rings (SSSR count). The van der Waals surface area contributed by atoms with Crippen molar-refractivity contribution >= 4 is 0 Å². The first-order valence-electron chi connectivity index (χ1n) is 3.48.